The Kier molecular flexibility index (Phi) is 5.83. The highest BCUT2D eigenvalue weighted by Gasteiger charge is 2.17. The Morgan fingerprint density at radius 1 is 1.14 bits per heavy atom. The Hall–Kier alpha value is -2.01. The third-order valence-corrected chi connectivity index (χ3v) is 3.61. The van der Waals surface area contributed by atoms with E-state index in [1.807, 2.05) is 49.4 Å². The number of halogens is 1. The molecule has 1 amide bonds. The molecule has 0 spiro atoms. The van der Waals surface area contributed by atoms with Crippen LogP contribution in [-0.4, -0.2) is 18.6 Å². The Labute approximate surface area is 138 Å². The van der Waals surface area contributed by atoms with Crippen molar-refractivity contribution in [3.8, 4) is 11.5 Å². The zero-order valence-corrected chi connectivity index (χ0v) is 14.1. The molecule has 2 aromatic carbocycles. The van der Waals surface area contributed by atoms with E-state index in [4.69, 9.17) is 9.47 Å². The Bertz CT molecular complexity index is 645. The molecule has 0 saturated heterocycles. The highest BCUT2D eigenvalue weighted by atomic mass is 79.9. The number of hydrogen-bond donors (Lipinski definition) is 1. The third-order valence-electron chi connectivity index (χ3n) is 2.95. The highest BCUT2D eigenvalue weighted by molar-refractivity contribution is 9.10. The SMILES string of the molecule is CCOc1ccccc1NC(=O)[C@H](C)Oc1ccccc1Br. The van der Waals surface area contributed by atoms with Crippen molar-refractivity contribution in [2.24, 2.45) is 0 Å². The van der Waals surface area contributed by atoms with Gasteiger partial charge in [0.25, 0.3) is 5.91 Å². The molecule has 1 atom stereocenters. The topological polar surface area (TPSA) is 47.6 Å². The molecule has 0 aromatic heterocycles. The van der Waals surface area contributed by atoms with Crippen molar-refractivity contribution < 1.29 is 14.3 Å². The van der Waals surface area contributed by atoms with Gasteiger partial charge < -0.3 is 14.8 Å². The molecule has 0 unspecified atom stereocenters. The molecule has 0 bridgehead atoms. The summed E-state index contributed by atoms with van der Waals surface area (Å²) < 4.78 is 12.0. The lowest BCUT2D eigenvalue weighted by atomic mass is 10.2. The number of carbonyl (C=O) groups excluding carboxylic acids is 1. The van der Waals surface area contributed by atoms with Gasteiger partial charge in [-0.25, -0.2) is 0 Å². The fourth-order valence-electron chi connectivity index (χ4n) is 1.87. The van der Waals surface area contributed by atoms with E-state index in [0.717, 1.165) is 4.47 Å². The number of benzene rings is 2. The molecule has 2 aromatic rings. The molecule has 22 heavy (non-hydrogen) atoms. The number of rotatable bonds is 6. The minimum atomic E-state index is -0.631. The average Bonchev–Trinajstić information content (AvgIpc) is 2.51. The lowest BCUT2D eigenvalue weighted by Gasteiger charge is -2.17. The molecule has 0 radical (unpaired) electrons. The minimum Gasteiger partial charge on any atom is -0.492 e. The molecular formula is C17H18BrNO3. The number of hydrogen-bond acceptors (Lipinski definition) is 3. The Balaban J connectivity index is 2.04. The van der Waals surface area contributed by atoms with E-state index in [1.54, 1.807) is 13.0 Å². The van der Waals surface area contributed by atoms with Crippen LogP contribution < -0.4 is 14.8 Å². The number of amides is 1. The van der Waals surface area contributed by atoms with E-state index < -0.39 is 6.10 Å². The van der Waals surface area contributed by atoms with Crippen LogP contribution in [0, 0.1) is 0 Å². The first kappa shape index (κ1) is 16.4. The lowest BCUT2D eigenvalue weighted by molar-refractivity contribution is -0.122. The van der Waals surface area contributed by atoms with E-state index in [9.17, 15) is 4.79 Å². The lowest BCUT2D eigenvalue weighted by Crippen LogP contribution is -2.30. The fourth-order valence-corrected chi connectivity index (χ4v) is 2.25. The van der Waals surface area contributed by atoms with Gasteiger partial charge in [0.1, 0.15) is 11.5 Å². The molecular weight excluding hydrogens is 346 g/mol. The molecule has 116 valence electrons. The first-order valence-electron chi connectivity index (χ1n) is 7.05. The molecule has 0 aliphatic heterocycles. The molecule has 0 saturated carbocycles. The van der Waals surface area contributed by atoms with Crippen molar-refractivity contribution in [1.29, 1.82) is 0 Å². The number of nitrogens with one attached hydrogen (secondary N) is 1. The van der Waals surface area contributed by atoms with Gasteiger partial charge in [0.2, 0.25) is 0 Å². The van der Waals surface area contributed by atoms with Gasteiger partial charge in [-0.1, -0.05) is 24.3 Å². The van der Waals surface area contributed by atoms with E-state index in [1.165, 1.54) is 0 Å². The maximum atomic E-state index is 12.3. The summed E-state index contributed by atoms with van der Waals surface area (Å²) in [5.41, 5.74) is 0.636. The van der Waals surface area contributed by atoms with E-state index >= 15 is 0 Å². The Morgan fingerprint density at radius 3 is 2.45 bits per heavy atom. The minimum absolute atomic E-state index is 0.233. The largest absolute Gasteiger partial charge is 0.492 e. The van der Waals surface area contributed by atoms with Crippen molar-refractivity contribution in [2.45, 2.75) is 20.0 Å². The third kappa shape index (κ3) is 4.24. The van der Waals surface area contributed by atoms with E-state index in [-0.39, 0.29) is 5.91 Å². The van der Waals surface area contributed by atoms with Gasteiger partial charge >= 0.3 is 0 Å². The van der Waals surface area contributed by atoms with Crippen molar-refractivity contribution >= 4 is 27.5 Å². The fraction of sp³-hybridized carbons (Fsp3) is 0.235. The second-order valence-corrected chi connectivity index (χ2v) is 5.46. The maximum Gasteiger partial charge on any atom is 0.265 e. The van der Waals surface area contributed by atoms with E-state index in [2.05, 4.69) is 21.2 Å². The average molecular weight is 364 g/mol. The van der Waals surface area contributed by atoms with Gasteiger partial charge in [-0.05, 0) is 54.0 Å². The smallest absolute Gasteiger partial charge is 0.265 e. The number of ether oxygens (including phenoxy) is 2. The molecule has 0 aliphatic rings. The van der Waals surface area contributed by atoms with Gasteiger partial charge in [-0.3, -0.25) is 4.79 Å². The van der Waals surface area contributed by atoms with Crippen molar-refractivity contribution in [1.82, 2.24) is 0 Å². The summed E-state index contributed by atoms with van der Waals surface area (Å²) in [7, 11) is 0. The predicted octanol–water partition coefficient (Wildman–Crippen LogP) is 4.25. The van der Waals surface area contributed by atoms with Gasteiger partial charge in [0, 0.05) is 0 Å². The van der Waals surface area contributed by atoms with Crippen LogP contribution in [0.5, 0.6) is 11.5 Å². The van der Waals surface area contributed by atoms with Crippen LogP contribution in [0.1, 0.15) is 13.8 Å². The summed E-state index contributed by atoms with van der Waals surface area (Å²) in [6, 6.07) is 14.7. The first-order chi connectivity index (χ1) is 10.6. The Morgan fingerprint density at radius 2 is 1.77 bits per heavy atom. The molecule has 0 fully saturated rings. The quantitative estimate of drug-likeness (QED) is 0.834. The monoisotopic (exact) mass is 363 g/mol. The molecule has 4 nitrogen and oxygen atoms in total. The van der Waals surface area contributed by atoms with Crippen LogP contribution in [0.4, 0.5) is 5.69 Å². The summed E-state index contributed by atoms with van der Waals surface area (Å²) >= 11 is 3.40. The summed E-state index contributed by atoms with van der Waals surface area (Å²) in [6.07, 6.45) is -0.631. The normalized spacial score (nSPS) is 11.6. The van der Waals surface area contributed by atoms with Gasteiger partial charge in [-0.2, -0.15) is 0 Å². The highest BCUT2D eigenvalue weighted by Crippen LogP contribution is 2.26. The zero-order valence-electron chi connectivity index (χ0n) is 12.5. The van der Waals surface area contributed by atoms with Gasteiger partial charge in [-0.15, -0.1) is 0 Å². The molecule has 5 heteroatoms. The predicted molar refractivity (Wildman–Crippen MR) is 90.5 cm³/mol. The van der Waals surface area contributed by atoms with Crippen molar-refractivity contribution in [2.75, 3.05) is 11.9 Å². The van der Waals surface area contributed by atoms with Gasteiger partial charge in [0.05, 0.1) is 16.8 Å². The van der Waals surface area contributed by atoms with Crippen LogP contribution >= 0.6 is 15.9 Å². The summed E-state index contributed by atoms with van der Waals surface area (Å²) in [5, 5.41) is 2.83. The standard InChI is InChI=1S/C17H18BrNO3/c1-3-21-16-11-7-5-9-14(16)19-17(20)12(2)22-15-10-6-4-8-13(15)18/h4-12H,3H2,1-2H3,(H,19,20)/t12-/m0/s1. The van der Waals surface area contributed by atoms with Crippen LogP contribution in [0.3, 0.4) is 0 Å². The number of anilines is 1. The summed E-state index contributed by atoms with van der Waals surface area (Å²) in [4.78, 5) is 12.3. The zero-order chi connectivity index (χ0) is 15.9. The number of carbonyl (C=O) groups is 1. The number of para-hydroxylation sites is 3. The molecule has 1 N–H and O–H groups in total. The maximum absolute atomic E-state index is 12.3. The van der Waals surface area contributed by atoms with Crippen LogP contribution in [-0.2, 0) is 4.79 Å². The molecule has 0 aliphatic carbocycles. The second-order valence-electron chi connectivity index (χ2n) is 4.61. The molecule has 0 heterocycles. The second kappa shape index (κ2) is 7.84. The first-order valence-corrected chi connectivity index (χ1v) is 7.85. The van der Waals surface area contributed by atoms with Crippen LogP contribution in [0.2, 0.25) is 0 Å². The van der Waals surface area contributed by atoms with E-state index in [0.29, 0.717) is 23.8 Å². The summed E-state index contributed by atoms with van der Waals surface area (Å²) in [6.45, 7) is 4.14. The molecule has 2 rings (SSSR count). The van der Waals surface area contributed by atoms with Gasteiger partial charge in [0.15, 0.2) is 6.10 Å². The van der Waals surface area contributed by atoms with Crippen molar-refractivity contribution in [3.05, 3.63) is 53.0 Å². The van der Waals surface area contributed by atoms with Crippen LogP contribution in [0.25, 0.3) is 0 Å². The van der Waals surface area contributed by atoms with Crippen LogP contribution in [0.15, 0.2) is 53.0 Å². The van der Waals surface area contributed by atoms with Crippen molar-refractivity contribution in [3.63, 3.8) is 0 Å². The summed E-state index contributed by atoms with van der Waals surface area (Å²) in [5.74, 6) is 1.04.